The van der Waals surface area contributed by atoms with E-state index in [2.05, 4.69) is 15.9 Å². The molecule has 0 aliphatic rings. The highest BCUT2D eigenvalue weighted by Gasteiger charge is 2.48. The SMILES string of the molecule is CC.CCOP(OCC)C(F)(F)c1sc2c(OCCCC(F)(F)F)cc(C)cc2c1Br. The zero-order valence-electron chi connectivity index (χ0n) is 18.0. The second-order valence-electron chi connectivity index (χ2n) is 6.09. The standard InChI is InChI=1S/C18H21BrF5O3PS.C2H6/c1-4-26-28(27-5-2)18(23,24)16-14(19)12-9-11(3)10-13(15(12)29-16)25-8-6-7-17(20,21)22;1-2/h9-10H,4-8H2,1-3H3;1-2H3. The summed E-state index contributed by atoms with van der Waals surface area (Å²) in [4.78, 5) is -0.258. The lowest BCUT2D eigenvalue weighted by molar-refractivity contribution is -0.136. The van der Waals surface area contributed by atoms with Gasteiger partial charge in [-0.1, -0.05) is 13.8 Å². The van der Waals surface area contributed by atoms with E-state index in [4.69, 9.17) is 13.8 Å². The maximum Gasteiger partial charge on any atom is 0.389 e. The summed E-state index contributed by atoms with van der Waals surface area (Å²) < 4.78 is 83.8. The van der Waals surface area contributed by atoms with Gasteiger partial charge in [0.15, 0.2) is 0 Å². The molecule has 1 heterocycles. The van der Waals surface area contributed by atoms with Gasteiger partial charge >= 0.3 is 11.8 Å². The molecule has 0 atom stereocenters. The first kappa shape index (κ1) is 28.5. The number of ether oxygens (including phenoxy) is 1. The minimum Gasteiger partial charge on any atom is -0.492 e. The minimum atomic E-state index is -4.26. The van der Waals surface area contributed by atoms with Crippen molar-refractivity contribution in [3.8, 4) is 5.75 Å². The van der Waals surface area contributed by atoms with E-state index in [1.807, 2.05) is 13.8 Å². The minimum absolute atomic E-state index is 0.0798. The summed E-state index contributed by atoms with van der Waals surface area (Å²) in [7, 11) is -2.50. The number of hydrogen-bond acceptors (Lipinski definition) is 4. The summed E-state index contributed by atoms with van der Waals surface area (Å²) >= 11 is 4.08. The molecule has 0 saturated carbocycles. The van der Waals surface area contributed by atoms with Crippen LogP contribution in [0.5, 0.6) is 5.75 Å². The van der Waals surface area contributed by atoms with Crippen molar-refractivity contribution < 1.29 is 35.7 Å². The molecule has 3 nitrogen and oxygen atoms in total. The van der Waals surface area contributed by atoms with E-state index < -0.39 is 26.6 Å². The van der Waals surface area contributed by atoms with Crippen LogP contribution in [0.15, 0.2) is 16.6 Å². The molecule has 0 amide bonds. The molecule has 0 bridgehead atoms. The van der Waals surface area contributed by atoms with E-state index in [-0.39, 0.29) is 41.3 Å². The lowest BCUT2D eigenvalue weighted by Gasteiger charge is -2.24. The molecular weight excluding hydrogens is 526 g/mol. The normalized spacial score (nSPS) is 12.3. The van der Waals surface area contributed by atoms with Gasteiger partial charge in [-0.2, -0.15) is 22.0 Å². The lowest BCUT2D eigenvalue weighted by atomic mass is 10.1. The molecule has 0 aliphatic heterocycles. The number of alkyl halides is 5. The molecule has 0 saturated heterocycles. The second-order valence-corrected chi connectivity index (χ2v) is 9.49. The van der Waals surface area contributed by atoms with E-state index in [0.717, 1.165) is 16.9 Å². The maximum absolute atomic E-state index is 15.2. The van der Waals surface area contributed by atoms with Crippen LogP contribution < -0.4 is 4.74 Å². The van der Waals surface area contributed by atoms with Crippen molar-refractivity contribution in [1.82, 2.24) is 0 Å². The Kier molecular flexibility index (Phi) is 11.6. The Morgan fingerprint density at radius 3 is 2.13 bits per heavy atom. The maximum atomic E-state index is 15.2. The first-order valence-electron chi connectivity index (χ1n) is 9.87. The molecule has 0 fully saturated rings. The van der Waals surface area contributed by atoms with Gasteiger partial charge in [-0.15, -0.1) is 11.3 Å². The van der Waals surface area contributed by atoms with E-state index in [1.54, 1.807) is 32.9 Å². The summed E-state index contributed by atoms with van der Waals surface area (Å²) in [6.45, 7) is 8.98. The Bertz CT molecular complexity index is 823. The number of fused-ring (bicyclic) bond motifs is 1. The van der Waals surface area contributed by atoms with Gasteiger partial charge in [0.1, 0.15) is 5.75 Å². The van der Waals surface area contributed by atoms with Crippen molar-refractivity contribution in [2.75, 3.05) is 19.8 Å². The van der Waals surface area contributed by atoms with Gasteiger partial charge in [0, 0.05) is 16.3 Å². The molecule has 2 rings (SSSR count). The average Bonchev–Trinajstić information content (AvgIpc) is 3.03. The van der Waals surface area contributed by atoms with Gasteiger partial charge in [-0.3, -0.25) is 0 Å². The van der Waals surface area contributed by atoms with Gasteiger partial charge in [0.05, 0.1) is 29.4 Å². The predicted octanol–water partition coefficient (Wildman–Crippen LogP) is 9.15. The first-order chi connectivity index (χ1) is 14.5. The van der Waals surface area contributed by atoms with Gasteiger partial charge in [0.2, 0.25) is 0 Å². The molecule has 0 unspecified atom stereocenters. The number of rotatable bonds is 10. The van der Waals surface area contributed by atoms with Crippen molar-refractivity contribution in [2.24, 2.45) is 0 Å². The van der Waals surface area contributed by atoms with E-state index in [0.29, 0.717) is 10.1 Å². The quantitative estimate of drug-likeness (QED) is 0.167. The first-order valence-corrected chi connectivity index (χ1v) is 12.7. The Balaban J connectivity index is 0.00000233. The topological polar surface area (TPSA) is 27.7 Å². The molecule has 1 aromatic heterocycles. The van der Waals surface area contributed by atoms with Crippen LogP contribution in [0.2, 0.25) is 0 Å². The van der Waals surface area contributed by atoms with Crippen LogP contribution in [0.3, 0.4) is 0 Å². The zero-order valence-corrected chi connectivity index (χ0v) is 21.3. The highest BCUT2D eigenvalue weighted by Crippen LogP contribution is 2.63. The van der Waals surface area contributed by atoms with Crippen molar-refractivity contribution in [3.05, 3.63) is 27.0 Å². The number of aryl methyl sites for hydroxylation is 1. The van der Waals surface area contributed by atoms with Gasteiger partial charge in [-0.05, 0) is 60.8 Å². The Morgan fingerprint density at radius 1 is 1.03 bits per heavy atom. The summed E-state index contributed by atoms with van der Waals surface area (Å²) in [5.74, 6) is 0.284. The number of halogens is 6. The average molecular weight is 553 g/mol. The molecule has 178 valence electrons. The van der Waals surface area contributed by atoms with Crippen LogP contribution in [-0.4, -0.2) is 26.0 Å². The monoisotopic (exact) mass is 552 g/mol. The molecular formula is C20H27BrF5O3PS. The zero-order chi connectivity index (χ0) is 23.8. The molecule has 2 aromatic rings. The van der Waals surface area contributed by atoms with Crippen LogP contribution in [-0.2, 0) is 14.7 Å². The molecule has 11 heteroatoms. The van der Waals surface area contributed by atoms with Crippen molar-refractivity contribution in [1.29, 1.82) is 0 Å². The van der Waals surface area contributed by atoms with Crippen LogP contribution >= 0.6 is 35.6 Å². The summed E-state index contributed by atoms with van der Waals surface area (Å²) in [5.41, 5.74) is -2.63. The molecule has 1 aromatic carbocycles. The van der Waals surface area contributed by atoms with Crippen LogP contribution in [0.25, 0.3) is 10.1 Å². The third kappa shape index (κ3) is 7.77. The Morgan fingerprint density at radius 2 is 1.61 bits per heavy atom. The fraction of sp³-hybridized carbons (Fsp3) is 0.600. The van der Waals surface area contributed by atoms with E-state index in [1.165, 1.54) is 0 Å². The molecule has 0 radical (unpaired) electrons. The van der Waals surface area contributed by atoms with Crippen LogP contribution in [0.1, 0.15) is 51.0 Å². The van der Waals surface area contributed by atoms with Crippen molar-refractivity contribution >= 4 is 45.7 Å². The lowest BCUT2D eigenvalue weighted by Crippen LogP contribution is -2.13. The smallest absolute Gasteiger partial charge is 0.389 e. The van der Waals surface area contributed by atoms with Crippen molar-refractivity contribution in [3.63, 3.8) is 0 Å². The second kappa shape index (κ2) is 12.6. The number of hydrogen-bond donors (Lipinski definition) is 0. The van der Waals surface area contributed by atoms with E-state index >= 15 is 8.78 Å². The summed E-state index contributed by atoms with van der Waals surface area (Å²) in [6.07, 6.45) is -5.44. The van der Waals surface area contributed by atoms with Gasteiger partial charge in [-0.25, -0.2) is 0 Å². The Hall–Kier alpha value is -0.540. The van der Waals surface area contributed by atoms with Crippen LogP contribution in [0, 0.1) is 6.92 Å². The predicted molar refractivity (Wildman–Crippen MR) is 120 cm³/mol. The third-order valence-electron chi connectivity index (χ3n) is 3.70. The summed E-state index contributed by atoms with van der Waals surface area (Å²) in [5, 5.41) is 0.512. The highest BCUT2D eigenvalue weighted by molar-refractivity contribution is 9.10. The van der Waals surface area contributed by atoms with Gasteiger partial charge in [0.25, 0.3) is 8.38 Å². The highest BCUT2D eigenvalue weighted by atomic mass is 79.9. The number of benzene rings is 1. The largest absolute Gasteiger partial charge is 0.492 e. The number of thiophene rings is 1. The van der Waals surface area contributed by atoms with Crippen molar-refractivity contribution in [2.45, 2.75) is 59.3 Å². The Labute approximate surface area is 193 Å². The van der Waals surface area contributed by atoms with Crippen LogP contribution in [0.4, 0.5) is 22.0 Å². The molecule has 0 spiro atoms. The fourth-order valence-corrected chi connectivity index (χ4v) is 6.16. The molecule has 0 N–H and O–H groups in total. The third-order valence-corrected chi connectivity index (χ3v) is 7.89. The fourth-order valence-electron chi connectivity index (χ4n) is 2.55. The van der Waals surface area contributed by atoms with E-state index in [9.17, 15) is 13.2 Å². The summed E-state index contributed by atoms with van der Waals surface area (Å²) in [6, 6.07) is 3.36. The molecule has 31 heavy (non-hydrogen) atoms. The van der Waals surface area contributed by atoms with Gasteiger partial charge < -0.3 is 13.8 Å². The molecule has 0 aliphatic carbocycles.